The van der Waals surface area contributed by atoms with Crippen molar-refractivity contribution in [2.75, 3.05) is 13.7 Å². The first-order chi connectivity index (χ1) is 16.5. The summed E-state index contributed by atoms with van der Waals surface area (Å²) >= 11 is 0. The van der Waals surface area contributed by atoms with Crippen LogP contribution in [0, 0.1) is 11.6 Å². The molecule has 4 aromatic rings. The van der Waals surface area contributed by atoms with Crippen LogP contribution in [0.4, 0.5) is 8.78 Å². The smallest absolute Gasteiger partial charge is 0.306 e. The molecular formula is C27H25F2NO4. The topological polar surface area (TPSA) is 60.6 Å². The number of rotatable bonds is 9. The largest absolute Gasteiger partial charge is 0.496 e. The van der Waals surface area contributed by atoms with Gasteiger partial charge in [0.1, 0.15) is 18.1 Å². The van der Waals surface area contributed by atoms with E-state index in [0.717, 1.165) is 34.2 Å². The van der Waals surface area contributed by atoms with Crippen LogP contribution in [0.5, 0.6) is 11.5 Å². The first kappa shape index (κ1) is 23.3. The number of H-pyrrole nitrogens is 1. The van der Waals surface area contributed by atoms with Crippen LogP contribution < -0.4 is 9.47 Å². The quantitative estimate of drug-likeness (QED) is 0.299. The van der Waals surface area contributed by atoms with Crippen LogP contribution in [-0.2, 0) is 22.6 Å². The number of benzene rings is 3. The Bertz CT molecular complexity index is 1300. The average molecular weight is 465 g/mol. The Morgan fingerprint density at radius 3 is 2.50 bits per heavy atom. The molecule has 0 atom stereocenters. The molecule has 4 rings (SSSR count). The Balaban J connectivity index is 1.50. The zero-order valence-corrected chi connectivity index (χ0v) is 19.0. The van der Waals surface area contributed by atoms with Crippen LogP contribution in [0.25, 0.3) is 22.0 Å². The van der Waals surface area contributed by atoms with E-state index >= 15 is 0 Å². The van der Waals surface area contributed by atoms with E-state index in [0.29, 0.717) is 42.9 Å². The lowest BCUT2D eigenvalue weighted by atomic mass is 10.0. The number of hydrogen-bond donors (Lipinski definition) is 1. The summed E-state index contributed by atoms with van der Waals surface area (Å²) in [5.74, 6) is -1.23. The van der Waals surface area contributed by atoms with Crippen molar-refractivity contribution in [3.8, 4) is 22.6 Å². The molecule has 34 heavy (non-hydrogen) atoms. The van der Waals surface area contributed by atoms with Crippen molar-refractivity contribution in [1.29, 1.82) is 0 Å². The van der Waals surface area contributed by atoms with Gasteiger partial charge in [-0.1, -0.05) is 24.3 Å². The van der Waals surface area contributed by atoms with Crippen molar-refractivity contribution in [2.24, 2.45) is 0 Å². The molecule has 0 radical (unpaired) electrons. The van der Waals surface area contributed by atoms with Gasteiger partial charge in [0.25, 0.3) is 0 Å². The van der Waals surface area contributed by atoms with E-state index in [4.69, 9.17) is 14.2 Å². The molecular weight excluding hydrogens is 440 g/mol. The zero-order chi connectivity index (χ0) is 24.1. The van der Waals surface area contributed by atoms with E-state index in [1.165, 1.54) is 7.11 Å². The van der Waals surface area contributed by atoms with Crippen LogP contribution in [-0.4, -0.2) is 24.7 Å². The van der Waals surface area contributed by atoms with Gasteiger partial charge in [-0.25, -0.2) is 8.78 Å². The minimum Gasteiger partial charge on any atom is -0.496 e. The van der Waals surface area contributed by atoms with Gasteiger partial charge in [-0.2, -0.15) is 0 Å². The van der Waals surface area contributed by atoms with E-state index in [9.17, 15) is 13.6 Å². The minimum atomic E-state index is -0.957. The Labute approximate surface area is 196 Å². The minimum absolute atomic E-state index is 0.219. The molecule has 176 valence electrons. The number of aromatic nitrogens is 1. The van der Waals surface area contributed by atoms with E-state index in [1.54, 1.807) is 31.2 Å². The first-order valence-corrected chi connectivity index (χ1v) is 11.0. The van der Waals surface area contributed by atoms with Crippen molar-refractivity contribution in [2.45, 2.75) is 26.4 Å². The summed E-state index contributed by atoms with van der Waals surface area (Å²) in [4.78, 5) is 15.0. The highest BCUT2D eigenvalue weighted by Crippen LogP contribution is 2.33. The van der Waals surface area contributed by atoms with Crippen molar-refractivity contribution in [1.82, 2.24) is 4.98 Å². The third-order valence-corrected chi connectivity index (χ3v) is 5.58. The number of aryl methyl sites for hydroxylation is 1. The molecule has 0 bridgehead atoms. The van der Waals surface area contributed by atoms with Crippen LogP contribution in [0.15, 0.2) is 60.8 Å². The molecule has 0 saturated carbocycles. The van der Waals surface area contributed by atoms with Gasteiger partial charge in [0.2, 0.25) is 0 Å². The monoisotopic (exact) mass is 465 g/mol. The van der Waals surface area contributed by atoms with Gasteiger partial charge in [-0.3, -0.25) is 4.79 Å². The molecule has 0 amide bonds. The zero-order valence-electron chi connectivity index (χ0n) is 19.0. The van der Waals surface area contributed by atoms with Gasteiger partial charge in [-0.05, 0) is 54.3 Å². The second-order valence-corrected chi connectivity index (χ2v) is 7.74. The number of hydrogen-bond acceptors (Lipinski definition) is 4. The highest BCUT2D eigenvalue weighted by Gasteiger charge is 2.14. The third-order valence-electron chi connectivity index (χ3n) is 5.58. The van der Waals surface area contributed by atoms with Gasteiger partial charge < -0.3 is 19.2 Å². The number of carbonyl (C=O) groups is 1. The fourth-order valence-corrected chi connectivity index (χ4v) is 3.94. The predicted molar refractivity (Wildman–Crippen MR) is 126 cm³/mol. The van der Waals surface area contributed by atoms with Crippen molar-refractivity contribution in [3.63, 3.8) is 0 Å². The summed E-state index contributed by atoms with van der Waals surface area (Å²) in [6, 6.07) is 15.2. The van der Waals surface area contributed by atoms with E-state index in [2.05, 4.69) is 4.98 Å². The molecule has 0 unspecified atom stereocenters. The van der Waals surface area contributed by atoms with Crippen LogP contribution >= 0.6 is 0 Å². The highest BCUT2D eigenvalue weighted by atomic mass is 19.2. The van der Waals surface area contributed by atoms with Crippen LogP contribution in [0.1, 0.15) is 24.5 Å². The standard InChI is InChI=1S/C27H25F2NO4/c1-3-33-26(31)12-9-18-15-30-24-6-4-5-19(27(18)24)16-34-20-10-7-17(8-11-20)21-13-22(28)23(29)14-25(21)32-2/h4-8,10-11,13-15,30H,3,9,12,16H2,1-2H3. The summed E-state index contributed by atoms with van der Waals surface area (Å²) in [5.41, 5.74) is 4.13. The number of fused-ring (bicyclic) bond motifs is 1. The Morgan fingerprint density at radius 1 is 1.00 bits per heavy atom. The maximum Gasteiger partial charge on any atom is 0.306 e. The molecule has 7 heteroatoms. The summed E-state index contributed by atoms with van der Waals surface area (Å²) in [5, 5.41) is 1.04. The second-order valence-electron chi connectivity index (χ2n) is 7.74. The number of halogens is 2. The number of ether oxygens (including phenoxy) is 3. The van der Waals surface area contributed by atoms with Gasteiger partial charge in [0.15, 0.2) is 11.6 Å². The molecule has 3 aromatic carbocycles. The lowest BCUT2D eigenvalue weighted by Crippen LogP contribution is -2.05. The summed E-state index contributed by atoms with van der Waals surface area (Å²) < 4.78 is 43.5. The summed E-state index contributed by atoms with van der Waals surface area (Å²) in [7, 11) is 1.41. The third kappa shape index (κ3) is 5.03. The van der Waals surface area contributed by atoms with Crippen molar-refractivity contribution < 1.29 is 27.8 Å². The maximum atomic E-state index is 13.8. The number of carbonyl (C=O) groups excluding carboxylic acids is 1. The number of esters is 1. The molecule has 5 nitrogen and oxygen atoms in total. The first-order valence-electron chi connectivity index (χ1n) is 11.0. The Hall–Kier alpha value is -3.87. The number of methoxy groups -OCH3 is 1. The maximum absolute atomic E-state index is 13.8. The fraction of sp³-hybridized carbons (Fsp3) is 0.222. The predicted octanol–water partition coefficient (Wildman–Crippen LogP) is 6.20. The van der Waals surface area contributed by atoms with E-state index in [1.807, 2.05) is 24.4 Å². The highest BCUT2D eigenvalue weighted by molar-refractivity contribution is 5.87. The Kier molecular flexibility index (Phi) is 7.11. The van der Waals surface area contributed by atoms with Gasteiger partial charge in [0, 0.05) is 35.2 Å². The average Bonchev–Trinajstić information content (AvgIpc) is 3.27. The van der Waals surface area contributed by atoms with Crippen LogP contribution in [0.3, 0.4) is 0 Å². The number of aromatic amines is 1. The van der Waals surface area contributed by atoms with Crippen molar-refractivity contribution >= 4 is 16.9 Å². The van der Waals surface area contributed by atoms with Crippen molar-refractivity contribution in [3.05, 3.63) is 83.6 Å². The molecule has 0 saturated heterocycles. The normalized spacial score (nSPS) is 10.9. The van der Waals surface area contributed by atoms with Crippen LogP contribution in [0.2, 0.25) is 0 Å². The second kappa shape index (κ2) is 10.4. The molecule has 1 heterocycles. The molecule has 1 aromatic heterocycles. The van der Waals surface area contributed by atoms with Gasteiger partial charge in [-0.15, -0.1) is 0 Å². The SMILES string of the molecule is CCOC(=O)CCc1c[nH]c2cccc(COc3ccc(-c4cc(F)c(F)cc4OC)cc3)c12. The molecule has 0 spiro atoms. The van der Waals surface area contributed by atoms with Gasteiger partial charge in [0.05, 0.1) is 13.7 Å². The van der Waals surface area contributed by atoms with Gasteiger partial charge >= 0.3 is 5.97 Å². The molecule has 0 fully saturated rings. The fourth-order valence-electron chi connectivity index (χ4n) is 3.94. The molecule has 0 aliphatic heterocycles. The number of nitrogens with one attached hydrogen (secondary N) is 1. The van der Waals surface area contributed by atoms with E-state index < -0.39 is 11.6 Å². The Morgan fingerprint density at radius 2 is 1.76 bits per heavy atom. The lowest BCUT2D eigenvalue weighted by Gasteiger charge is -2.12. The lowest BCUT2D eigenvalue weighted by molar-refractivity contribution is -0.143. The van der Waals surface area contributed by atoms with E-state index in [-0.39, 0.29) is 11.7 Å². The molecule has 1 N–H and O–H groups in total. The molecule has 0 aliphatic carbocycles. The summed E-state index contributed by atoms with van der Waals surface area (Å²) in [6.45, 7) is 2.49. The molecule has 0 aliphatic rings. The summed E-state index contributed by atoms with van der Waals surface area (Å²) in [6.07, 6.45) is 2.79.